The Labute approximate surface area is 126 Å². The Hall–Kier alpha value is -1.66. The summed E-state index contributed by atoms with van der Waals surface area (Å²) < 4.78 is 26.7. The third kappa shape index (κ3) is 3.08. The Kier molecular flexibility index (Phi) is 4.25. The molecule has 104 valence electrons. The first kappa shape index (κ1) is 14.7. The van der Waals surface area contributed by atoms with E-state index in [0.717, 1.165) is 6.07 Å². The van der Waals surface area contributed by atoms with Crippen LogP contribution in [-0.2, 0) is 0 Å². The molecular formula is C13H8BrClF2N2O. The molecule has 2 aromatic rings. The third-order valence-electron chi connectivity index (χ3n) is 2.52. The summed E-state index contributed by atoms with van der Waals surface area (Å²) in [5, 5.41) is 2.55. The molecular weight excluding hydrogens is 354 g/mol. The van der Waals surface area contributed by atoms with Gasteiger partial charge in [-0.25, -0.2) is 8.78 Å². The van der Waals surface area contributed by atoms with Crippen LogP contribution in [-0.4, -0.2) is 5.91 Å². The molecule has 3 nitrogen and oxygen atoms in total. The maximum absolute atomic E-state index is 13.5. The number of benzene rings is 2. The summed E-state index contributed by atoms with van der Waals surface area (Å²) in [5.74, 6) is -2.21. The molecule has 0 aromatic heterocycles. The standard InChI is InChI=1S/C13H8BrClF2N2O/c14-7-4-12(10(17)5-9(7)16)19-13(20)6-1-2-11(18)8(15)3-6/h1-5H,18H2,(H,19,20). The molecule has 20 heavy (non-hydrogen) atoms. The van der Waals surface area contributed by atoms with Crippen molar-refractivity contribution in [1.82, 2.24) is 0 Å². The lowest BCUT2D eigenvalue weighted by atomic mass is 10.2. The summed E-state index contributed by atoms with van der Waals surface area (Å²) >= 11 is 8.72. The number of halogens is 4. The molecule has 0 aliphatic carbocycles. The van der Waals surface area contributed by atoms with Gasteiger partial charge in [0.05, 0.1) is 20.9 Å². The van der Waals surface area contributed by atoms with E-state index in [-0.39, 0.29) is 20.7 Å². The summed E-state index contributed by atoms with van der Waals surface area (Å²) in [4.78, 5) is 11.9. The SMILES string of the molecule is Nc1ccc(C(=O)Nc2cc(Br)c(F)cc2F)cc1Cl. The Morgan fingerprint density at radius 3 is 2.55 bits per heavy atom. The molecule has 0 atom stereocenters. The van der Waals surface area contributed by atoms with Crippen molar-refractivity contribution in [2.75, 3.05) is 11.1 Å². The Morgan fingerprint density at radius 1 is 1.20 bits per heavy atom. The molecule has 2 rings (SSSR count). The number of hydrogen-bond donors (Lipinski definition) is 2. The Bertz CT molecular complexity index is 694. The average molecular weight is 362 g/mol. The van der Waals surface area contributed by atoms with Gasteiger partial charge in [-0.3, -0.25) is 4.79 Å². The first-order chi connectivity index (χ1) is 9.38. The van der Waals surface area contributed by atoms with Crippen LogP contribution in [0.4, 0.5) is 20.2 Å². The van der Waals surface area contributed by atoms with E-state index in [2.05, 4.69) is 21.2 Å². The van der Waals surface area contributed by atoms with Crippen LogP contribution >= 0.6 is 27.5 Å². The van der Waals surface area contributed by atoms with Gasteiger partial charge in [0.25, 0.3) is 5.91 Å². The molecule has 0 spiro atoms. The maximum Gasteiger partial charge on any atom is 0.255 e. The second kappa shape index (κ2) is 5.76. The number of hydrogen-bond acceptors (Lipinski definition) is 2. The highest BCUT2D eigenvalue weighted by Crippen LogP contribution is 2.25. The number of anilines is 2. The van der Waals surface area contributed by atoms with Crippen LogP contribution in [0.15, 0.2) is 34.8 Å². The van der Waals surface area contributed by atoms with Crippen molar-refractivity contribution in [1.29, 1.82) is 0 Å². The summed E-state index contributed by atoms with van der Waals surface area (Å²) in [6, 6.07) is 6.10. The van der Waals surface area contributed by atoms with Crippen LogP contribution in [0.5, 0.6) is 0 Å². The van der Waals surface area contributed by atoms with Crippen molar-refractivity contribution < 1.29 is 13.6 Å². The molecule has 0 aliphatic heterocycles. The van der Waals surface area contributed by atoms with Crippen LogP contribution in [0, 0.1) is 11.6 Å². The zero-order valence-corrected chi connectivity index (χ0v) is 12.2. The molecule has 0 radical (unpaired) electrons. The fraction of sp³-hybridized carbons (Fsp3) is 0. The van der Waals surface area contributed by atoms with Crippen LogP contribution in [0.2, 0.25) is 5.02 Å². The number of amides is 1. The Morgan fingerprint density at radius 2 is 1.90 bits per heavy atom. The van der Waals surface area contributed by atoms with Crippen LogP contribution in [0.25, 0.3) is 0 Å². The van der Waals surface area contributed by atoms with Gasteiger partial charge in [0.1, 0.15) is 11.6 Å². The molecule has 3 N–H and O–H groups in total. The van der Waals surface area contributed by atoms with E-state index >= 15 is 0 Å². The van der Waals surface area contributed by atoms with E-state index in [1.54, 1.807) is 0 Å². The van der Waals surface area contributed by atoms with Gasteiger partial charge in [-0.2, -0.15) is 0 Å². The van der Waals surface area contributed by atoms with Crippen molar-refractivity contribution in [3.63, 3.8) is 0 Å². The van der Waals surface area contributed by atoms with Gasteiger partial charge in [0, 0.05) is 11.6 Å². The molecule has 2 aromatic carbocycles. The molecule has 7 heteroatoms. The second-order valence-corrected chi connectivity index (χ2v) is 5.20. The van der Waals surface area contributed by atoms with Gasteiger partial charge < -0.3 is 11.1 Å². The van der Waals surface area contributed by atoms with E-state index in [4.69, 9.17) is 17.3 Å². The minimum absolute atomic E-state index is 0.0459. The van der Waals surface area contributed by atoms with Crippen molar-refractivity contribution in [2.45, 2.75) is 0 Å². The number of carbonyl (C=O) groups excluding carboxylic acids is 1. The second-order valence-electron chi connectivity index (χ2n) is 3.94. The van der Waals surface area contributed by atoms with Gasteiger partial charge in [-0.05, 0) is 40.2 Å². The summed E-state index contributed by atoms with van der Waals surface area (Å²) in [5.41, 5.74) is 5.93. The molecule has 0 saturated carbocycles. The van der Waals surface area contributed by atoms with Crippen molar-refractivity contribution in [2.24, 2.45) is 0 Å². The van der Waals surface area contributed by atoms with E-state index in [9.17, 15) is 13.6 Å². The maximum atomic E-state index is 13.5. The zero-order chi connectivity index (χ0) is 14.9. The van der Waals surface area contributed by atoms with Gasteiger partial charge >= 0.3 is 0 Å². The highest BCUT2D eigenvalue weighted by Gasteiger charge is 2.13. The van der Waals surface area contributed by atoms with Crippen LogP contribution < -0.4 is 11.1 Å². The molecule has 0 aliphatic rings. The monoisotopic (exact) mass is 360 g/mol. The van der Waals surface area contributed by atoms with Gasteiger partial charge in [0.15, 0.2) is 0 Å². The Balaban J connectivity index is 2.27. The van der Waals surface area contributed by atoms with E-state index in [1.807, 2.05) is 0 Å². The van der Waals surface area contributed by atoms with Crippen molar-refractivity contribution in [3.8, 4) is 0 Å². The predicted octanol–water partition coefficient (Wildman–Crippen LogP) is 4.22. The fourth-order valence-corrected chi connectivity index (χ4v) is 2.01. The molecule has 0 bridgehead atoms. The summed E-state index contributed by atoms with van der Waals surface area (Å²) in [6.07, 6.45) is 0. The third-order valence-corrected chi connectivity index (χ3v) is 3.46. The van der Waals surface area contributed by atoms with Gasteiger partial charge in [-0.1, -0.05) is 11.6 Å². The largest absolute Gasteiger partial charge is 0.398 e. The van der Waals surface area contributed by atoms with E-state index in [1.165, 1.54) is 18.2 Å². The minimum atomic E-state index is -0.874. The number of rotatable bonds is 2. The highest BCUT2D eigenvalue weighted by atomic mass is 79.9. The fourth-order valence-electron chi connectivity index (χ4n) is 1.48. The molecule has 0 fully saturated rings. The number of carbonyl (C=O) groups is 1. The molecule has 0 heterocycles. The first-order valence-corrected chi connectivity index (χ1v) is 6.56. The number of nitrogens with one attached hydrogen (secondary N) is 1. The number of nitrogens with two attached hydrogens (primary N) is 1. The molecule has 1 amide bonds. The van der Waals surface area contributed by atoms with Crippen LogP contribution in [0.1, 0.15) is 10.4 Å². The smallest absolute Gasteiger partial charge is 0.255 e. The zero-order valence-electron chi connectivity index (χ0n) is 9.88. The quantitative estimate of drug-likeness (QED) is 0.622. The van der Waals surface area contributed by atoms with E-state index in [0.29, 0.717) is 11.8 Å². The van der Waals surface area contributed by atoms with Gasteiger partial charge in [-0.15, -0.1) is 0 Å². The molecule has 0 unspecified atom stereocenters. The van der Waals surface area contributed by atoms with Crippen LogP contribution in [0.3, 0.4) is 0 Å². The normalized spacial score (nSPS) is 10.4. The first-order valence-electron chi connectivity index (χ1n) is 5.39. The predicted molar refractivity (Wildman–Crippen MR) is 77.9 cm³/mol. The summed E-state index contributed by atoms with van der Waals surface area (Å²) in [6.45, 7) is 0. The molecule has 0 saturated heterocycles. The summed E-state index contributed by atoms with van der Waals surface area (Å²) in [7, 11) is 0. The lowest BCUT2D eigenvalue weighted by molar-refractivity contribution is 0.102. The lowest BCUT2D eigenvalue weighted by Gasteiger charge is -2.08. The average Bonchev–Trinajstić information content (AvgIpc) is 2.39. The number of nitrogen functional groups attached to an aromatic ring is 1. The minimum Gasteiger partial charge on any atom is -0.398 e. The lowest BCUT2D eigenvalue weighted by Crippen LogP contribution is -2.13. The highest BCUT2D eigenvalue weighted by molar-refractivity contribution is 9.10. The topological polar surface area (TPSA) is 55.1 Å². The van der Waals surface area contributed by atoms with Gasteiger partial charge in [0.2, 0.25) is 0 Å². The van der Waals surface area contributed by atoms with Crippen molar-refractivity contribution in [3.05, 3.63) is 57.0 Å². The van der Waals surface area contributed by atoms with Crippen molar-refractivity contribution >= 4 is 44.8 Å². The van der Waals surface area contributed by atoms with E-state index < -0.39 is 17.5 Å².